The maximum absolute atomic E-state index is 13.8. The minimum absolute atomic E-state index is 0.151. The Bertz CT molecular complexity index is 1280. The minimum atomic E-state index is -1.03. The molecular weight excluding hydrogens is 474 g/mol. The lowest BCUT2D eigenvalue weighted by molar-refractivity contribution is -0.114. The van der Waals surface area contributed by atoms with Gasteiger partial charge in [0, 0.05) is 17.6 Å². The molecule has 2 aliphatic heterocycles. The van der Waals surface area contributed by atoms with Crippen LogP contribution < -0.4 is 9.91 Å². The Morgan fingerprint density at radius 3 is 2.18 bits per heavy atom. The first-order valence-corrected chi connectivity index (χ1v) is 12.2. The van der Waals surface area contributed by atoms with Crippen molar-refractivity contribution in [2.45, 2.75) is 11.3 Å². The molecule has 1 spiro atoms. The molecule has 3 aromatic carbocycles. The second kappa shape index (κ2) is 8.74. The Kier molecular flexibility index (Phi) is 5.78. The maximum atomic E-state index is 13.8. The van der Waals surface area contributed by atoms with Gasteiger partial charge >= 0.3 is 0 Å². The molecule has 1 saturated heterocycles. The SMILES string of the molecule is CC(=O)C1=NN(c2ccc(Cl)cc2)[C@@]2(S1)S/C(=C/c1ccccc1)C(=O)N2c1ccccc1. The van der Waals surface area contributed by atoms with E-state index < -0.39 is 4.33 Å². The van der Waals surface area contributed by atoms with Gasteiger partial charge in [-0.25, -0.2) is 5.01 Å². The van der Waals surface area contributed by atoms with Crippen molar-refractivity contribution >= 4 is 69.3 Å². The van der Waals surface area contributed by atoms with Crippen LogP contribution in [-0.2, 0) is 9.59 Å². The average molecular weight is 492 g/mol. The van der Waals surface area contributed by atoms with E-state index in [0.717, 1.165) is 16.9 Å². The Labute approximate surface area is 205 Å². The Hall–Kier alpha value is -3.00. The number of anilines is 2. The molecule has 0 aromatic heterocycles. The molecule has 164 valence electrons. The van der Waals surface area contributed by atoms with E-state index in [4.69, 9.17) is 11.6 Å². The second-order valence-corrected chi connectivity index (χ2v) is 10.5. The third kappa shape index (κ3) is 3.97. The summed E-state index contributed by atoms with van der Waals surface area (Å²) in [5, 5.41) is 7.33. The van der Waals surface area contributed by atoms with Crippen molar-refractivity contribution in [2.75, 3.05) is 9.91 Å². The third-order valence-electron chi connectivity index (χ3n) is 5.11. The van der Waals surface area contributed by atoms with Gasteiger partial charge in [-0.2, -0.15) is 5.10 Å². The van der Waals surface area contributed by atoms with Gasteiger partial charge in [0.25, 0.3) is 5.91 Å². The summed E-state index contributed by atoms with van der Waals surface area (Å²) in [6, 6.07) is 26.4. The van der Waals surface area contributed by atoms with E-state index in [9.17, 15) is 9.59 Å². The van der Waals surface area contributed by atoms with Gasteiger partial charge in [0.15, 0.2) is 10.8 Å². The van der Waals surface area contributed by atoms with E-state index in [2.05, 4.69) is 5.10 Å². The molecule has 0 bridgehead atoms. The zero-order valence-electron chi connectivity index (χ0n) is 17.5. The molecule has 1 amide bonds. The van der Waals surface area contributed by atoms with Crippen LogP contribution in [0.15, 0.2) is 94.9 Å². The largest absolute Gasteiger partial charge is 0.292 e. The number of Topliss-reactive ketones (excluding diaryl/α,β-unsaturated/α-hetero) is 1. The minimum Gasteiger partial charge on any atom is -0.292 e. The van der Waals surface area contributed by atoms with Gasteiger partial charge in [0.05, 0.1) is 10.6 Å². The Balaban J connectivity index is 1.69. The number of hydrazone groups is 1. The summed E-state index contributed by atoms with van der Waals surface area (Å²) in [6.45, 7) is 1.49. The zero-order valence-corrected chi connectivity index (χ0v) is 19.9. The highest BCUT2D eigenvalue weighted by molar-refractivity contribution is 8.29. The molecule has 1 atom stereocenters. The summed E-state index contributed by atoms with van der Waals surface area (Å²) in [5.74, 6) is -0.307. The Morgan fingerprint density at radius 1 is 0.909 bits per heavy atom. The number of hydrogen-bond acceptors (Lipinski definition) is 6. The van der Waals surface area contributed by atoms with Crippen molar-refractivity contribution in [1.82, 2.24) is 0 Å². The first kappa shape index (κ1) is 21.8. The van der Waals surface area contributed by atoms with E-state index >= 15 is 0 Å². The predicted molar refractivity (Wildman–Crippen MR) is 138 cm³/mol. The molecule has 0 N–H and O–H groups in total. The molecule has 3 aromatic rings. The molecule has 5 nitrogen and oxygen atoms in total. The van der Waals surface area contributed by atoms with E-state index in [1.54, 1.807) is 22.0 Å². The van der Waals surface area contributed by atoms with Crippen LogP contribution in [-0.4, -0.2) is 21.1 Å². The van der Waals surface area contributed by atoms with Crippen molar-refractivity contribution < 1.29 is 9.59 Å². The zero-order chi connectivity index (χ0) is 23.0. The second-order valence-electron chi connectivity index (χ2n) is 7.40. The summed E-state index contributed by atoms with van der Waals surface area (Å²) < 4.78 is -1.03. The summed E-state index contributed by atoms with van der Waals surface area (Å²) in [7, 11) is 0. The van der Waals surface area contributed by atoms with Gasteiger partial charge in [0.2, 0.25) is 4.33 Å². The first-order valence-electron chi connectivity index (χ1n) is 10.2. The van der Waals surface area contributed by atoms with Gasteiger partial charge in [-0.3, -0.25) is 14.5 Å². The quantitative estimate of drug-likeness (QED) is 0.405. The van der Waals surface area contributed by atoms with Crippen molar-refractivity contribution in [3.8, 4) is 0 Å². The number of rotatable bonds is 4. The van der Waals surface area contributed by atoms with Crippen molar-refractivity contribution in [2.24, 2.45) is 5.10 Å². The van der Waals surface area contributed by atoms with Gasteiger partial charge < -0.3 is 0 Å². The lowest BCUT2D eigenvalue weighted by Crippen LogP contribution is -2.51. The van der Waals surface area contributed by atoms with E-state index in [1.807, 2.05) is 78.9 Å². The van der Waals surface area contributed by atoms with Crippen molar-refractivity contribution in [3.63, 3.8) is 0 Å². The number of carbonyl (C=O) groups excluding carboxylic acids is 2. The summed E-state index contributed by atoms with van der Waals surface area (Å²) >= 11 is 8.78. The maximum Gasteiger partial charge on any atom is 0.268 e. The number of halogens is 1. The fourth-order valence-corrected chi connectivity index (χ4v) is 6.62. The van der Waals surface area contributed by atoms with Crippen LogP contribution in [0.4, 0.5) is 11.4 Å². The average Bonchev–Trinajstić information content (AvgIpc) is 3.33. The smallest absolute Gasteiger partial charge is 0.268 e. The van der Waals surface area contributed by atoms with E-state index in [-0.39, 0.29) is 11.7 Å². The number of nitrogens with zero attached hydrogens (tertiary/aromatic N) is 3. The molecule has 1 fully saturated rings. The standard InChI is InChI=1S/C25H18ClN3O2S2/c1-17(30)23-27-29(21-14-12-19(26)13-15-21)25(33-23)28(20-10-6-3-7-11-20)24(31)22(32-25)16-18-8-4-2-5-9-18/h2-16H,1H3/b22-16+/t25-/m1/s1. The molecule has 0 radical (unpaired) electrons. The van der Waals surface area contributed by atoms with Crippen LogP contribution in [0.1, 0.15) is 12.5 Å². The molecule has 5 rings (SSSR count). The number of benzene rings is 3. The van der Waals surface area contributed by atoms with Crippen LogP contribution in [0.5, 0.6) is 0 Å². The number of thioether (sulfide) groups is 2. The summed E-state index contributed by atoms with van der Waals surface area (Å²) in [5.41, 5.74) is 2.37. The summed E-state index contributed by atoms with van der Waals surface area (Å²) in [4.78, 5) is 28.5. The number of amides is 1. The lowest BCUT2D eigenvalue weighted by Gasteiger charge is -2.38. The predicted octanol–water partition coefficient (Wildman–Crippen LogP) is 6.23. The molecule has 2 aliphatic rings. The number of ketones is 1. The molecule has 8 heteroatoms. The molecular formula is C25H18ClN3O2S2. The highest BCUT2D eigenvalue weighted by Crippen LogP contribution is 2.59. The van der Waals surface area contributed by atoms with Gasteiger partial charge in [0.1, 0.15) is 0 Å². The highest BCUT2D eigenvalue weighted by atomic mass is 35.5. The molecule has 0 saturated carbocycles. The Morgan fingerprint density at radius 2 is 1.55 bits per heavy atom. The number of carbonyl (C=O) groups is 2. The fraction of sp³-hybridized carbons (Fsp3) is 0.0800. The van der Waals surface area contributed by atoms with Crippen LogP contribution in [0.3, 0.4) is 0 Å². The monoisotopic (exact) mass is 491 g/mol. The first-order chi connectivity index (χ1) is 16.0. The molecule has 2 heterocycles. The van der Waals surface area contributed by atoms with Crippen molar-refractivity contribution in [3.05, 3.63) is 100 Å². The van der Waals surface area contributed by atoms with Crippen molar-refractivity contribution in [1.29, 1.82) is 0 Å². The van der Waals surface area contributed by atoms with E-state index in [0.29, 0.717) is 15.0 Å². The normalized spacial score (nSPS) is 21.2. The van der Waals surface area contributed by atoms with Gasteiger partial charge in [-0.05, 0) is 59.8 Å². The molecule has 0 unspecified atom stereocenters. The van der Waals surface area contributed by atoms with E-state index in [1.165, 1.54) is 30.4 Å². The van der Waals surface area contributed by atoms with Crippen LogP contribution >= 0.6 is 35.1 Å². The van der Waals surface area contributed by atoms with Crippen LogP contribution in [0.25, 0.3) is 6.08 Å². The topological polar surface area (TPSA) is 53.0 Å². The van der Waals surface area contributed by atoms with Crippen LogP contribution in [0.2, 0.25) is 5.02 Å². The number of hydrogen-bond donors (Lipinski definition) is 0. The number of para-hydroxylation sites is 1. The third-order valence-corrected chi connectivity index (χ3v) is 8.18. The highest BCUT2D eigenvalue weighted by Gasteiger charge is 2.59. The fourth-order valence-electron chi connectivity index (χ4n) is 3.61. The lowest BCUT2D eigenvalue weighted by atomic mass is 10.2. The van der Waals surface area contributed by atoms with Gasteiger partial charge in [-0.15, -0.1) is 0 Å². The van der Waals surface area contributed by atoms with Gasteiger partial charge in [-0.1, -0.05) is 71.9 Å². The molecule has 33 heavy (non-hydrogen) atoms. The molecule has 0 aliphatic carbocycles. The van der Waals surface area contributed by atoms with Crippen LogP contribution in [0, 0.1) is 0 Å². The summed E-state index contributed by atoms with van der Waals surface area (Å²) in [6.07, 6.45) is 1.88.